The lowest BCUT2D eigenvalue weighted by atomic mass is 10.1. The highest BCUT2D eigenvalue weighted by atomic mass is 35.5. The van der Waals surface area contributed by atoms with Crippen LogP contribution in [0.4, 0.5) is 0 Å². The van der Waals surface area contributed by atoms with Gasteiger partial charge in [0.1, 0.15) is 0 Å². The normalized spacial score (nSPS) is 10.9. The van der Waals surface area contributed by atoms with Gasteiger partial charge >= 0.3 is 0 Å². The number of hydrogen-bond donors (Lipinski definition) is 0. The predicted octanol–water partition coefficient (Wildman–Crippen LogP) is 3.16. The van der Waals surface area contributed by atoms with E-state index in [2.05, 4.69) is 20.3 Å². The van der Waals surface area contributed by atoms with Crippen LogP contribution in [0.5, 0.6) is 0 Å². The lowest BCUT2D eigenvalue weighted by Gasteiger charge is -2.21. The standard InChI is InChI=1S/C19H18ClN7/c1-25(27-17(8-11-22-27)15-4-3-5-16(20)12-15)13-18-23-24-19(26(18)2)14-6-9-21-10-7-14/h3-12H,13H2,1-2H3. The van der Waals surface area contributed by atoms with E-state index >= 15 is 0 Å². The van der Waals surface area contributed by atoms with E-state index in [1.54, 1.807) is 18.6 Å². The predicted molar refractivity (Wildman–Crippen MR) is 105 cm³/mol. The molecule has 7 nitrogen and oxygen atoms in total. The summed E-state index contributed by atoms with van der Waals surface area (Å²) in [6.07, 6.45) is 5.26. The Morgan fingerprint density at radius 2 is 1.81 bits per heavy atom. The highest BCUT2D eigenvalue weighted by Gasteiger charge is 2.15. The quantitative estimate of drug-likeness (QED) is 0.533. The molecule has 3 heterocycles. The van der Waals surface area contributed by atoms with Gasteiger partial charge in [-0.3, -0.25) is 9.99 Å². The highest BCUT2D eigenvalue weighted by Crippen LogP contribution is 2.23. The van der Waals surface area contributed by atoms with E-state index in [0.717, 1.165) is 28.5 Å². The minimum absolute atomic E-state index is 0.545. The first kappa shape index (κ1) is 17.2. The number of halogens is 1. The Balaban J connectivity index is 1.60. The third-order valence-electron chi connectivity index (χ3n) is 4.34. The Bertz CT molecular complexity index is 1050. The van der Waals surface area contributed by atoms with Crippen LogP contribution in [0.15, 0.2) is 61.1 Å². The summed E-state index contributed by atoms with van der Waals surface area (Å²) in [6, 6.07) is 13.5. The molecular formula is C19H18ClN7. The van der Waals surface area contributed by atoms with Gasteiger partial charge in [0.05, 0.1) is 18.4 Å². The van der Waals surface area contributed by atoms with Crippen LogP contribution in [0.3, 0.4) is 0 Å². The summed E-state index contributed by atoms with van der Waals surface area (Å²) in [5.74, 6) is 1.63. The van der Waals surface area contributed by atoms with Crippen molar-refractivity contribution in [3.8, 4) is 22.6 Å². The van der Waals surface area contributed by atoms with Crippen molar-refractivity contribution >= 4 is 11.6 Å². The molecule has 1 aromatic carbocycles. The third-order valence-corrected chi connectivity index (χ3v) is 4.58. The molecule has 0 N–H and O–H groups in total. The van der Waals surface area contributed by atoms with Crippen molar-refractivity contribution < 1.29 is 0 Å². The largest absolute Gasteiger partial charge is 0.313 e. The number of nitrogens with zero attached hydrogens (tertiary/aromatic N) is 7. The molecule has 0 aliphatic carbocycles. The first-order valence-corrected chi connectivity index (χ1v) is 8.81. The van der Waals surface area contributed by atoms with Crippen molar-refractivity contribution in [2.24, 2.45) is 7.05 Å². The molecule has 0 saturated carbocycles. The molecule has 4 rings (SSSR count). The van der Waals surface area contributed by atoms with Crippen LogP contribution in [-0.4, -0.2) is 36.7 Å². The number of hydrogen-bond acceptors (Lipinski definition) is 5. The first-order valence-electron chi connectivity index (χ1n) is 8.43. The van der Waals surface area contributed by atoms with Gasteiger partial charge in [0.25, 0.3) is 0 Å². The maximum Gasteiger partial charge on any atom is 0.163 e. The maximum atomic E-state index is 6.14. The zero-order chi connectivity index (χ0) is 18.8. The number of pyridine rings is 1. The summed E-state index contributed by atoms with van der Waals surface area (Å²) in [5.41, 5.74) is 2.94. The van der Waals surface area contributed by atoms with Gasteiger partial charge in [-0.15, -0.1) is 10.2 Å². The first-order chi connectivity index (χ1) is 13.1. The number of rotatable bonds is 5. The zero-order valence-electron chi connectivity index (χ0n) is 15.0. The molecule has 0 unspecified atom stereocenters. The fourth-order valence-electron chi connectivity index (χ4n) is 2.95. The lowest BCUT2D eigenvalue weighted by molar-refractivity contribution is 0.562. The zero-order valence-corrected chi connectivity index (χ0v) is 15.7. The van der Waals surface area contributed by atoms with Crippen LogP contribution in [0.25, 0.3) is 22.6 Å². The van der Waals surface area contributed by atoms with E-state index in [9.17, 15) is 0 Å². The second-order valence-electron chi connectivity index (χ2n) is 6.17. The van der Waals surface area contributed by atoms with E-state index in [0.29, 0.717) is 11.6 Å². The molecule has 0 spiro atoms. The second-order valence-corrected chi connectivity index (χ2v) is 6.60. The second kappa shape index (κ2) is 7.20. The van der Waals surface area contributed by atoms with Crippen molar-refractivity contribution in [3.05, 3.63) is 71.9 Å². The average molecular weight is 380 g/mol. The average Bonchev–Trinajstić information content (AvgIpc) is 3.30. The summed E-state index contributed by atoms with van der Waals surface area (Å²) in [5, 5.41) is 15.8. The monoisotopic (exact) mass is 379 g/mol. The SMILES string of the molecule is CN(Cc1nnc(-c2ccncc2)n1C)n1nccc1-c1cccc(Cl)c1. The summed E-state index contributed by atoms with van der Waals surface area (Å²) in [6.45, 7) is 0.545. The van der Waals surface area contributed by atoms with Crippen LogP contribution in [0, 0.1) is 0 Å². The minimum atomic E-state index is 0.545. The maximum absolute atomic E-state index is 6.14. The molecule has 0 atom stereocenters. The molecule has 0 fully saturated rings. The summed E-state index contributed by atoms with van der Waals surface area (Å²) in [4.78, 5) is 5.89. The highest BCUT2D eigenvalue weighted by molar-refractivity contribution is 6.30. The topological polar surface area (TPSA) is 64.7 Å². The molecule has 0 aliphatic rings. The molecular weight excluding hydrogens is 362 g/mol. The van der Waals surface area contributed by atoms with E-state index in [1.165, 1.54) is 0 Å². The van der Waals surface area contributed by atoms with Gasteiger partial charge in [-0.25, -0.2) is 0 Å². The van der Waals surface area contributed by atoms with E-state index in [1.807, 2.05) is 70.9 Å². The van der Waals surface area contributed by atoms with Gasteiger partial charge in [-0.2, -0.15) is 9.89 Å². The Morgan fingerprint density at radius 3 is 2.59 bits per heavy atom. The Hall–Kier alpha value is -3.19. The Morgan fingerprint density at radius 1 is 1.00 bits per heavy atom. The molecule has 0 amide bonds. The molecule has 27 heavy (non-hydrogen) atoms. The third kappa shape index (κ3) is 3.41. The van der Waals surface area contributed by atoms with E-state index < -0.39 is 0 Å². The van der Waals surface area contributed by atoms with Crippen molar-refractivity contribution in [2.75, 3.05) is 12.1 Å². The number of benzene rings is 1. The summed E-state index contributed by atoms with van der Waals surface area (Å²) in [7, 11) is 3.92. The molecule has 0 aliphatic heterocycles. The van der Waals surface area contributed by atoms with E-state index in [-0.39, 0.29) is 0 Å². The minimum Gasteiger partial charge on any atom is -0.313 e. The Kier molecular flexibility index (Phi) is 4.60. The van der Waals surface area contributed by atoms with Gasteiger partial charge in [-0.1, -0.05) is 23.7 Å². The van der Waals surface area contributed by atoms with E-state index in [4.69, 9.17) is 11.6 Å². The molecule has 0 radical (unpaired) electrons. The van der Waals surface area contributed by atoms with Gasteiger partial charge < -0.3 is 4.57 Å². The van der Waals surface area contributed by atoms with Gasteiger partial charge in [0.15, 0.2) is 11.6 Å². The van der Waals surface area contributed by atoms with Crippen LogP contribution < -0.4 is 5.01 Å². The molecule has 3 aromatic heterocycles. The summed E-state index contributed by atoms with van der Waals surface area (Å²) >= 11 is 6.14. The van der Waals surface area contributed by atoms with Gasteiger partial charge in [0, 0.05) is 42.6 Å². The van der Waals surface area contributed by atoms with Crippen molar-refractivity contribution in [1.29, 1.82) is 0 Å². The van der Waals surface area contributed by atoms with Crippen molar-refractivity contribution in [3.63, 3.8) is 0 Å². The molecule has 0 saturated heterocycles. The fourth-order valence-corrected chi connectivity index (χ4v) is 3.14. The van der Waals surface area contributed by atoms with Crippen LogP contribution in [-0.2, 0) is 13.6 Å². The Labute approximate surface area is 161 Å². The molecule has 4 aromatic rings. The number of aromatic nitrogens is 6. The van der Waals surface area contributed by atoms with Crippen LogP contribution in [0.1, 0.15) is 5.82 Å². The molecule has 0 bridgehead atoms. The smallest absolute Gasteiger partial charge is 0.163 e. The van der Waals surface area contributed by atoms with Gasteiger partial charge in [-0.05, 0) is 30.3 Å². The summed E-state index contributed by atoms with van der Waals surface area (Å²) < 4.78 is 1.98. The van der Waals surface area contributed by atoms with Gasteiger partial charge in [0.2, 0.25) is 0 Å². The van der Waals surface area contributed by atoms with Crippen molar-refractivity contribution in [2.45, 2.75) is 6.54 Å². The molecule has 8 heteroatoms. The fraction of sp³-hybridized carbons (Fsp3) is 0.158. The van der Waals surface area contributed by atoms with Crippen LogP contribution in [0.2, 0.25) is 5.02 Å². The van der Waals surface area contributed by atoms with Crippen LogP contribution >= 0.6 is 11.6 Å². The lowest BCUT2D eigenvalue weighted by Crippen LogP contribution is -2.32. The molecule has 136 valence electrons. The van der Waals surface area contributed by atoms with Crippen molar-refractivity contribution in [1.82, 2.24) is 29.6 Å².